The molecule has 0 rings (SSSR count). The molecule has 0 fully saturated rings. The van der Waals surface area contributed by atoms with Crippen LogP contribution in [0.2, 0.25) is 19.1 Å². The molecule has 0 spiro atoms. The summed E-state index contributed by atoms with van der Waals surface area (Å²) >= 11 is 6.74. The minimum absolute atomic E-state index is 0.785. The maximum atomic E-state index is 6.74. The monoisotopic (exact) mass is 505 g/mol. The smallest absolute Gasteiger partial charge is 0.150 e. The van der Waals surface area contributed by atoms with Gasteiger partial charge in [0.2, 0.25) is 0 Å². The predicted octanol–water partition coefficient (Wildman–Crippen LogP) is 11.9. The molecule has 0 unspecified atom stereocenters. The lowest BCUT2D eigenvalue weighted by atomic mass is 10.1. The third-order valence-electron chi connectivity index (χ3n) is 7.36. The minimum Gasteiger partial charge on any atom is -0.168 e. The number of hydrogen-bond donors (Lipinski definition) is 0. The van der Waals surface area contributed by atoms with E-state index < -0.39 is 14.6 Å². The van der Waals surface area contributed by atoms with Gasteiger partial charge < -0.3 is 0 Å². The lowest BCUT2D eigenvalue weighted by Gasteiger charge is -2.29. The van der Waals surface area contributed by atoms with Crippen LogP contribution >= 0.6 is 18.3 Å². The van der Waals surface area contributed by atoms with Crippen LogP contribution in [0.15, 0.2) is 0 Å². The normalized spacial score (nSPS) is 12.6. The molecule has 194 valence electrons. The SMILES string of the molecule is CCCCCCCC[P+](CCCCCCCC)(CCCCCCCC)CCC[Si](C)(C)Cl. The highest BCUT2D eigenvalue weighted by Gasteiger charge is 2.35. The van der Waals surface area contributed by atoms with Crippen molar-refractivity contribution < 1.29 is 0 Å². The third-order valence-corrected chi connectivity index (χ3v) is 14.5. The molecule has 0 amide bonds. The first-order valence-electron chi connectivity index (χ1n) is 14.9. The summed E-state index contributed by atoms with van der Waals surface area (Å²) in [4.78, 5) is 0. The molecule has 0 aromatic rings. The van der Waals surface area contributed by atoms with Gasteiger partial charge in [0.05, 0.1) is 24.6 Å². The second-order valence-electron chi connectivity index (χ2n) is 11.4. The molecule has 0 aliphatic carbocycles. The van der Waals surface area contributed by atoms with Crippen LogP contribution in [0.3, 0.4) is 0 Å². The van der Waals surface area contributed by atoms with Gasteiger partial charge in [-0.25, -0.2) is 0 Å². The molecule has 0 saturated carbocycles. The molecule has 3 heteroatoms. The quantitative estimate of drug-likeness (QED) is 0.0500. The van der Waals surface area contributed by atoms with Crippen molar-refractivity contribution in [1.29, 1.82) is 0 Å². The van der Waals surface area contributed by atoms with Gasteiger partial charge in [-0.05, 0) is 51.0 Å². The van der Waals surface area contributed by atoms with Crippen LogP contribution in [-0.2, 0) is 0 Å². The topological polar surface area (TPSA) is 0 Å². The first-order valence-corrected chi connectivity index (χ1v) is 21.7. The van der Waals surface area contributed by atoms with E-state index in [1.165, 1.54) is 128 Å². The van der Waals surface area contributed by atoms with Crippen LogP contribution in [0.25, 0.3) is 0 Å². The Hall–Kier alpha value is 0.937. The lowest BCUT2D eigenvalue weighted by molar-refractivity contribution is 0.615. The summed E-state index contributed by atoms with van der Waals surface area (Å²) in [6.45, 7) is 11.7. The molecule has 0 heterocycles. The van der Waals surface area contributed by atoms with Crippen molar-refractivity contribution in [3.8, 4) is 0 Å². The van der Waals surface area contributed by atoms with Crippen LogP contribution in [-0.4, -0.2) is 32.0 Å². The summed E-state index contributed by atoms with van der Waals surface area (Å²) in [6, 6.07) is 1.33. The highest BCUT2D eigenvalue weighted by Crippen LogP contribution is 2.61. The average Bonchev–Trinajstić information content (AvgIpc) is 2.74. The predicted molar refractivity (Wildman–Crippen MR) is 159 cm³/mol. The summed E-state index contributed by atoms with van der Waals surface area (Å²) in [7, 11) is -2.21. The van der Waals surface area contributed by atoms with Gasteiger partial charge in [-0.15, -0.1) is 0 Å². The zero-order valence-corrected chi connectivity index (χ0v) is 25.9. The number of unbranched alkanes of at least 4 members (excludes halogenated alkanes) is 15. The highest BCUT2D eigenvalue weighted by atomic mass is 35.6. The third kappa shape index (κ3) is 21.5. The molecule has 0 nitrogen and oxygen atoms in total. The van der Waals surface area contributed by atoms with E-state index in [1.54, 1.807) is 24.6 Å². The van der Waals surface area contributed by atoms with Gasteiger partial charge in [0.1, 0.15) is 0 Å². The van der Waals surface area contributed by atoms with E-state index in [0.29, 0.717) is 0 Å². The second-order valence-corrected chi connectivity index (χ2v) is 22.8. The van der Waals surface area contributed by atoms with Crippen molar-refractivity contribution in [3.05, 3.63) is 0 Å². The fourth-order valence-corrected chi connectivity index (χ4v) is 11.8. The molecule has 0 N–H and O–H groups in total. The first kappa shape index (κ1) is 32.9. The molecule has 0 radical (unpaired) electrons. The van der Waals surface area contributed by atoms with Gasteiger partial charge in [-0.2, -0.15) is 11.1 Å². The molecule has 0 bridgehead atoms. The first-order chi connectivity index (χ1) is 15.4. The van der Waals surface area contributed by atoms with E-state index in [0.717, 1.165) is 0 Å². The summed E-state index contributed by atoms with van der Waals surface area (Å²) in [6.07, 6.45) is 34.1. The number of rotatable bonds is 25. The molecule has 0 aliphatic rings. The van der Waals surface area contributed by atoms with Gasteiger partial charge in [0, 0.05) is 7.26 Å². The van der Waals surface area contributed by atoms with E-state index in [-0.39, 0.29) is 0 Å². The van der Waals surface area contributed by atoms with Gasteiger partial charge in [-0.1, -0.05) is 111 Å². The fourth-order valence-electron chi connectivity index (χ4n) is 5.19. The van der Waals surface area contributed by atoms with E-state index >= 15 is 0 Å². The van der Waals surface area contributed by atoms with Gasteiger partial charge >= 0.3 is 0 Å². The van der Waals surface area contributed by atoms with Crippen molar-refractivity contribution in [3.63, 3.8) is 0 Å². The molecule has 0 saturated heterocycles. The van der Waals surface area contributed by atoms with E-state index in [9.17, 15) is 0 Å². The van der Waals surface area contributed by atoms with Crippen molar-refractivity contribution in [2.75, 3.05) is 24.6 Å². The van der Waals surface area contributed by atoms with E-state index in [2.05, 4.69) is 33.9 Å². The Morgan fingerprint density at radius 1 is 0.438 bits per heavy atom. The molecular weight excluding hydrogens is 443 g/mol. The molecular formula is C29H63ClPSi+. The molecule has 0 atom stereocenters. The number of halogens is 1. The van der Waals surface area contributed by atoms with Gasteiger partial charge in [0.15, 0.2) is 7.38 Å². The van der Waals surface area contributed by atoms with Crippen LogP contribution in [0.1, 0.15) is 143 Å². The Morgan fingerprint density at radius 2 is 0.719 bits per heavy atom. The average molecular weight is 506 g/mol. The lowest BCUT2D eigenvalue weighted by Crippen LogP contribution is -2.19. The largest absolute Gasteiger partial charge is 0.168 e. The Labute approximate surface area is 211 Å². The second kappa shape index (κ2) is 22.4. The molecule has 0 aliphatic heterocycles. The summed E-state index contributed by atoms with van der Waals surface area (Å²) in [5, 5.41) is 0. The Bertz CT molecular complexity index is 339. The Balaban J connectivity index is 4.83. The van der Waals surface area contributed by atoms with Crippen molar-refractivity contribution in [2.45, 2.75) is 162 Å². The zero-order valence-electron chi connectivity index (χ0n) is 23.3. The van der Waals surface area contributed by atoms with Crippen LogP contribution < -0.4 is 0 Å². The summed E-state index contributed by atoms with van der Waals surface area (Å²) < 4.78 is 0. The highest BCUT2D eigenvalue weighted by molar-refractivity contribution is 7.75. The van der Waals surface area contributed by atoms with Crippen LogP contribution in [0.4, 0.5) is 0 Å². The Kier molecular flexibility index (Phi) is 23.1. The standard InChI is InChI=1S/C29H63ClPSi/c1-6-9-12-15-18-21-25-31(28-24-29-32(4,5)30,26-22-19-16-13-10-7-2)27-23-20-17-14-11-8-3/h6-29H2,1-5H3/q+1. The molecule has 32 heavy (non-hydrogen) atoms. The van der Waals surface area contributed by atoms with Gasteiger partial charge in [0.25, 0.3) is 0 Å². The van der Waals surface area contributed by atoms with Crippen LogP contribution in [0, 0.1) is 0 Å². The maximum absolute atomic E-state index is 6.74. The van der Waals surface area contributed by atoms with Crippen molar-refractivity contribution in [1.82, 2.24) is 0 Å². The minimum atomic E-state index is -1.43. The van der Waals surface area contributed by atoms with Crippen molar-refractivity contribution >= 4 is 25.7 Å². The summed E-state index contributed by atoms with van der Waals surface area (Å²) in [5.41, 5.74) is 0. The van der Waals surface area contributed by atoms with E-state index in [1.807, 2.05) is 0 Å². The Morgan fingerprint density at radius 3 is 1.03 bits per heavy atom. The van der Waals surface area contributed by atoms with Gasteiger partial charge in [-0.3, -0.25) is 0 Å². The van der Waals surface area contributed by atoms with Crippen LogP contribution in [0.5, 0.6) is 0 Å². The fraction of sp³-hybridized carbons (Fsp3) is 1.00. The summed E-state index contributed by atoms with van der Waals surface area (Å²) in [5.74, 6) is 0. The zero-order chi connectivity index (χ0) is 24.0. The maximum Gasteiger partial charge on any atom is 0.150 e. The van der Waals surface area contributed by atoms with E-state index in [4.69, 9.17) is 11.1 Å². The molecule has 0 aromatic carbocycles. The van der Waals surface area contributed by atoms with Crippen molar-refractivity contribution in [2.24, 2.45) is 0 Å². The number of hydrogen-bond acceptors (Lipinski definition) is 0. The molecule has 0 aromatic heterocycles.